The Labute approximate surface area is 103 Å². The number of pyridine rings is 1. The van der Waals surface area contributed by atoms with Crippen LogP contribution in [0.15, 0.2) is 18.3 Å². The quantitative estimate of drug-likeness (QED) is 0.632. The monoisotopic (exact) mass is 260 g/mol. The fourth-order valence-electron chi connectivity index (χ4n) is 2.16. The molecule has 7 heteroatoms. The first-order valence-corrected chi connectivity index (χ1v) is 5.75. The number of halogens is 3. The van der Waals surface area contributed by atoms with E-state index in [4.69, 9.17) is 5.84 Å². The van der Waals surface area contributed by atoms with Gasteiger partial charge in [-0.25, -0.2) is 10.8 Å². The van der Waals surface area contributed by atoms with Gasteiger partial charge in [0, 0.05) is 31.0 Å². The minimum Gasteiger partial charge on any atom is -0.371 e. The maximum absolute atomic E-state index is 12.5. The number of hydrogen-bond acceptors (Lipinski definition) is 4. The number of nitrogens with two attached hydrogens (primary N) is 1. The number of hydrogen-bond donors (Lipinski definition) is 2. The predicted molar refractivity (Wildman–Crippen MR) is 63.0 cm³/mol. The zero-order valence-corrected chi connectivity index (χ0v) is 9.74. The Morgan fingerprint density at radius 1 is 1.33 bits per heavy atom. The van der Waals surface area contributed by atoms with Gasteiger partial charge in [0.1, 0.15) is 5.82 Å². The molecule has 0 radical (unpaired) electrons. The lowest BCUT2D eigenvalue weighted by molar-refractivity contribution is -0.179. The van der Waals surface area contributed by atoms with Gasteiger partial charge >= 0.3 is 6.18 Å². The van der Waals surface area contributed by atoms with Gasteiger partial charge in [0.05, 0.1) is 5.92 Å². The lowest BCUT2D eigenvalue weighted by Gasteiger charge is -2.34. The van der Waals surface area contributed by atoms with Crippen molar-refractivity contribution in [3.8, 4) is 0 Å². The third-order valence-electron chi connectivity index (χ3n) is 3.21. The van der Waals surface area contributed by atoms with Crippen LogP contribution >= 0.6 is 0 Å². The van der Waals surface area contributed by atoms with Crippen molar-refractivity contribution < 1.29 is 13.2 Å². The van der Waals surface area contributed by atoms with Crippen LogP contribution in [0.25, 0.3) is 0 Å². The maximum atomic E-state index is 12.5. The number of nitrogen functional groups attached to an aromatic ring is 1. The second-order valence-electron chi connectivity index (χ2n) is 4.35. The van der Waals surface area contributed by atoms with Gasteiger partial charge < -0.3 is 10.3 Å². The number of piperidine rings is 1. The standard InChI is InChI=1S/C11H15F3N4/c12-11(13,14)8-2-5-18(6-3-8)9-1-4-16-10(7-9)17-15/h1,4,7-8H,2-3,5-6,15H2,(H,16,17). The Kier molecular flexibility index (Phi) is 3.60. The van der Waals surface area contributed by atoms with Gasteiger partial charge in [-0.2, -0.15) is 13.2 Å². The zero-order chi connectivity index (χ0) is 13.2. The van der Waals surface area contributed by atoms with E-state index in [9.17, 15) is 13.2 Å². The summed E-state index contributed by atoms with van der Waals surface area (Å²) in [6.07, 6.45) is -2.22. The Balaban J connectivity index is 2.01. The molecule has 18 heavy (non-hydrogen) atoms. The second-order valence-corrected chi connectivity index (χ2v) is 4.35. The summed E-state index contributed by atoms with van der Waals surface area (Å²) in [4.78, 5) is 5.89. The van der Waals surface area contributed by atoms with Gasteiger partial charge in [-0.15, -0.1) is 0 Å². The van der Waals surface area contributed by atoms with E-state index in [-0.39, 0.29) is 12.8 Å². The molecule has 0 atom stereocenters. The minimum atomic E-state index is -4.08. The molecule has 1 aromatic heterocycles. The highest BCUT2D eigenvalue weighted by Crippen LogP contribution is 2.35. The SMILES string of the molecule is NNc1cc(N2CCC(C(F)(F)F)CC2)ccn1. The molecule has 100 valence electrons. The van der Waals surface area contributed by atoms with Crippen LogP contribution in [0.2, 0.25) is 0 Å². The highest BCUT2D eigenvalue weighted by atomic mass is 19.4. The first-order valence-electron chi connectivity index (χ1n) is 5.75. The van der Waals surface area contributed by atoms with Crippen molar-refractivity contribution in [1.29, 1.82) is 0 Å². The number of nitrogens with one attached hydrogen (secondary N) is 1. The highest BCUT2D eigenvalue weighted by molar-refractivity contribution is 5.53. The summed E-state index contributed by atoms with van der Waals surface area (Å²) in [6.45, 7) is 0.802. The summed E-state index contributed by atoms with van der Waals surface area (Å²) in [5, 5.41) is 0. The Bertz CT molecular complexity index is 400. The second kappa shape index (κ2) is 5.01. The van der Waals surface area contributed by atoms with Gasteiger partial charge in [-0.1, -0.05) is 0 Å². The lowest BCUT2D eigenvalue weighted by Crippen LogP contribution is -2.39. The van der Waals surface area contributed by atoms with Crippen molar-refractivity contribution in [3.63, 3.8) is 0 Å². The van der Waals surface area contributed by atoms with Crippen LogP contribution in [0.5, 0.6) is 0 Å². The van der Waals surface area contributed by atoms with Crippen molar-refractivity contribution in [2.75, 3.05) is 23.4 Å². The Hall–Kier alpha value is -1.50. The van der Waals surface area contributed by atoms with Crippen molar-refractivity contribution in [1.82, 2.24) is 4.98 Å². The number of nitrogens with zero attached hydrogens (tertiary/aromatic N) is 2. The average molecular weight is 260 g/mol. The summed E-state index contributed by atoms with van der Waals surface area (Å²) < 4.78 is 37.6. The number of rotatable bonds is 2. The molecule has 2 rings (SSSR count). The zero-order valence-electron chi connectivity index (χ0n) is 9.74. The molecule has 0 amide bonds. The molecular weight excluding hydrogens is 245 g/mol. The van der Waals surface area contributed by atoms with Crippen LogP contribution in [0.4, 0.5) is 24.7 Å². The normalized spacial score (nSPS) is 17.9. The fraction of sp³-hybridized carbons (Fsp3) is 0.545. The highest BCUT2D eigenvalue weighted by Gasteiger charge is 2.41. The van der Waals surface area contributed by atoms with Gasteiger partial charge in [-0.3, -0.25) is 0 Å². The molecule has 1 fully saturated rings. The number of anilines is 2. The van der Waals surface area contributed by atoms with Crippen LogP contribution in [-0.2, 0) is 0 Å². The maximum Gasteiger partial charge on any atom is 0.391 e. The van der Waals surface area contributed by atoms with Crippen LogP contribution in [0, 0.1) is 5.92 Å². The van der Waals surface area contributed by atoms with E-state index < -0.39 is 12.1 Å². The van der Waals surface area contributed by atoms with Crippen molar-refractivity contribution in [2.24, 2.45) is 11.8 Å². The molecule has 0 spiro atoms. The van der Waals surface area contributed by atoms with E-state index in [0.29, 0.717) is 18.9 Å². The summed E-state index contributed by atoms with van der Waals surface area (Å²) in [7, 11) is 0. The van der Waals surface area contributed by atoms with Crippen molar-refractivity contribution >= 4 is 11.5 Å². The molecule has 4 nitrogen and oxygen atoms in total. The summed E-state index contributed by atoms with van der Waals surface area (Å²) in [5.74, 6) is 4.57. The molecular formula is C11H15F3N4. The fourth-order valence-corrected chi connectivity index (χ4v) is 2.16. The van der Waals surface area contributed by atoms with Crippen molar-refractivity contribution in [3.05, 3.63) is 18.3 Å². The number of alkyl halides is 3. The smallest absolute Gasteiger partial charge is 0.371 e. The number of aromatic nitrogens is 1. The summed E-state index contributed by atoms with van der Waals surface area (Å²) in [6, 6.07) is 3.50. The van der Waals surface area contributed by atoms with Gasteiger partial charge in [0.15, 0.2) is 0 Å². The Morgan fingerprint density at radius 3 is 2.56 bits per heavy atom. The van der Waals surface area contributed by atoms with Crippen LogP contribution < -0.4 is 16.2 Å². The molecule has 0 saturated carbocycles. The molecule has 3 N–H and O–H groups in total. The summed E-state index contributed by atoms with van der Waals surface area (Å²) >= 11 is 0. The van der Waals surface area contributed by atoms with E-state index in [0.717, 1.165) is 5.69 Å². The molecule has 0 aliphatic carbocycles. The van der Waals surface area contributed by atoms with Gasteiger partial charge in [0.25, 0.3) is 0 Å². The third-order valence-corrected chi connectivity index (χ3v) is 3.21. The van der Waals surface area contributed by atoms with Crippen LogP contribution in [0.3, 0.4) is 0 Å². The van der Waals surface area contributed by atoms with Gasteiger partial charge in [0.2, 0.25) is 0 Å². The molecule has 1 aliphatic heterocycles. The molecule has 1 saturated heterocycles. The van der Waals surface area contributed by atoms with Gasteiger partial charge in [-0.05, 0) is 18.9 Å². The van der Waals surface area contributed by atoms with Crippen LogP contribution in [-0.4, -0.2) is 24.2 Å². The molecule has 0 aromatic carbocycles. The third kappa shape index (κ3) is 2.84. The predicted octanol–water partition coefficient (Wildman–Crippen LogP) is 2.15. The molecule has 1 aromatic rings. The van der Waals surface area contributed by atoms with E-state index in [1.54, 1.807) is 18.3 Å². The topological polar surface area (TPSA) is 54.2 Å². The molecule has 2 heterocycles. The Morgan fingerprint density at radius 2 is 2.00 bits per heavy atom. The largest absolute Gasteiger partial charge is 0.391 e. The first-order chi connectivity index (χ1) is 8.50. The minimum absolute atomic E-state index is 0.136. The van der Waals surface area contributed by atoms with E-state index >= 15 is 0 Å². The van der Waals surface area contributed by atoms with Crippen molar-refractivity contribution in [2.45, 2.75) is 19.0 Å². The van der Waals surface area contributed by atoms with E-state index in [1.807, 2.05) is 4.90 Å². The lowest BCUT2D eigenvalue weighted by atomic mass is 9.96. The summed E-state index contributed by atoms with van der Waals surface area (Å²) in [5.41, 5.74) is 3.27. The first kappa shape index (κ1) is 12.9. The van der Waals surface area contributed by atoms with E-state index in [2.05, 4.69) is 10.4 Å². The molecule has 0 unspecified atom stereocenters. The van der Waals surface area contributed by atoms with Crippen LogP contribution in [0.1, 0.15) is 12.8 Å². The average Bonchev–Trinajstić information content (AvgIpc) is 2.38. The molecule has 0 bridgehead atoms. The molecule has 1 aliphatic rings. The van der Waals surface area contributed by atoms with E-state index in [1.165, 1.54) is 0 Å². The number of hydrazine groups is 1.